The predicted octanol–water partition coefficient (Wildman–Crippen LogP) is 2.95. The van der Waals surface area contributed by atoms with Crippen molar-refractivity contribution in [2.45, 2.75) is 31.6 Å². The van der Waals surface area contributed by atoms with E-state index in [2.05, 4.69) is 24.3 Å². The van der Waals surface area contributed by atoms with Crippen molar-refractivity contribution in [3.63, 3.8) is 0 Å². The lowest BCUT2D eigenvalue weighted by atomic mass is 9.85. The van der Waals surface area contributed by atoms with Gasteiger partial charge in [-0.3, -0.25) is 0 Å². The molecule has 1 aromatic carbocycles. The quantitative estimate of drug-likeness (QED) is 0.777. The van der Waals surface area contributed by atoms with Crippen molar-refractivity contribution in [1.29, 1.82) is 0 Å². The van der Waals surface area contributed by atoms with Crippen molar-refractivity contribution in [3.05, 3.63) is 35.9 Å². The van der Waals surface area contributed by atoms with Gasteiger partial charge in [-0.15, -0.1) is 0 Å². The van der Waals surface area contributed by atoms with Gasteiger partial charge in [-0.05, 0) is 24.3 Å². The molecule has 0 bridgehead atoms. The molecule has 1 aliphatic rings. The van der Waals surface area contributed by atoms with Crippen LogP contribution in [0.5, 0.6) is 0 Å². The summed E-state index contributed by atoms with van der Waals surface area (Å²) >= 11 is 0. The standard InChI is InChI=1S/C13H18O/c14-10-13(12-8-4-5-9-12)11-6-2-1-3-7-11/h1-3,6-7,12-14H,4-5,8-10H2. The Bertz CT molecular complexity index is 262. The smallest absolute Gasteiger partial charge is 0.0502 e. The van der Waals surface area contributed by atoms with E-state index in [9.17, 15) is 5.11 Å². The summed E-state index contributed by atoms with van der Waals surface area (Å²) in [5.41, 5.74) is 1.31. The Morgan fingerprint density at radius 2 is 1.79 bits per heavy atom. The lowest BCUT2D eigenvalue weighted by molar-refractivity contribution is 0.226. The normalized spacial score (nSPS) is 19.8. The first-order chi connectivity index (χ1) is 6.92. The van der Waals surface area contributed by atoms with Gasteiger partial charge in [0.15, 0.2) is 0 Å². The van der Waals surface area contributed by atoms with Crippen LogP contribution in [0.4, 0.5) is 0 Å². The highest BCUT2D eigenvalue weighted by Crippen LogP contribution is 2.36. The summed E-state index contributed by atoms with van der Waals surface area (Å²) in [6.45, 7) is 0.300. The van der Waals surface area contributed by atoms with Crippen LogP contribution in [-0.2, 0) is 0 Å². The highest BCUT2D eigenvalue weighted by atomic mass is 16.3. The molecule has 1 atom stereocenters. The van der Waals surface area contributed by atoms with Crippen molar-refractivity contribution in [2.75, 3.05) is 6.61 Å². The summed E-state index contributed by atoms with van der Waals surface area (Å²) in [5.74, 6) is 1.08. The Hall–Kier alpha value is -0.820. The maximum absolute atomic E-state index is 9.44. The van der Waals surface area contributed by atoms with Crippen LogP contribution < -0.4 is 0 Å². The summed E-state index contributed by atoms with van der Waals surface area (Å²) in [6, 6.07) is 10.4. The molecule has 0 radical (unpaired) electrons. The number of benzene rings is 1. The molecule has 1 aliphatic carbocycles. The Balaban J connectivity index is 2.12. The largest absolute Gasteiger partial charge is 0.396 e. The first kappa shape index (κ1) is 9.72. The van der Waals surface area contributed by atoms with E-state index < -0.39 is 0 Å². The number of rotatable bonds is 3. The summed E-state index contributed by atoms with van der Waals surface area (Å²) in [5, 5.41) is 9.44. The van der Waals surface area contributed by atoms with Gasteiger partial charge in [-0.1, -0.05) is 43.2 Å². The fourth-order valence-electron chi connectivity index (χ4n) is 2.59. The van der Waals surface area contributed by atoms with Gasteiger partial charge < -0.3 is 5.11 Å². The topological polar surface area (TPSA) is 20.2 Å². The second-order valence-corrected chi connectivity index (χ2v) is 4.24. The van der Waals surface area contributed by atoms with E-state index in [-0.39, 0.29) is 0 Å². The Kier molecular flexibility index (Phi) is 3.20. The van der Waals surface area contributed by atoms with Crippen LogP contribution in [0.25, 0.3) is 0 Å². The van der Waals surface area contributed by atoms with Gasteiger partial charge >= 0.3 is 0 Å². The van der Waals surface area contributed by atoms with Gasteiger partial charge in [0.25, 0.3) is 0 Å². The zero-order valence-corrected chi connectivity index (χ0v) is 8.52. The van der Waals surface area contributed by atoms with Gasteiger partial charge in [0.05, 0.1) is 6.61 Å². The van der Waals surface area contributed by atoms with E-state index in [4.69, 9.17) is 0 Å². The molecule has 0 aliphatic heterocycles. The molecule has 1 fully saturated rings. The van der Waals surface area contributed by atoms with Gasteiger partial charge in [0.1, 0.15) is 0 Å². The Morgan fingerprint density at radius 1 is 1.14 bits per heavy atom. The molecule has 1 heteroatoms. The highest BCUT2D eigenvalue weighted by molar-refractivity contribution is 5.20. The number of aliphatic hydroxyl groups is 1. The van der Waals surface area contributed by atoms with Crippen molar-refractivity contribution in [3.8, 4) is 0 Å². The number of hydrogen-bond donors (Lipinski definition) is 1. The Morgan fingerprint density at radius 3 is 2.36 bits per heavy atom. The molecular formula is C13H18O. The predicted molar refractivity (Wildman–Crippen MR) is 58.2 cm³/mol. The summed E-state index contributed by atoms with van der Waals surface area (Å²) in [7, 11) is 0. The third-order valence-electron chi connectivity index (χ3n) is 3.39. The second kappa shape index (κ2) is 4.61. The monoisotopic (exact) mass is 190 g/mol. The maximum atomic E-state index is 9.44. The average molecular weight is 190 g/mol. The number of hydrogen-bond acceptors (Lipinski definition) is 1. The molecule has 1 N–H and O–H groups in total. The molecule has 0 saturated heterocycles. The summed E-state index contributed by atoms with van der Waals surface area (Å²) in [4.78, 5) is 0. The fourth-order valence-corrected chi connectivity index (χ4v) is 2.59. The number of aliphatic hydroxyl groups excluding tert-OH is 1. The van der Waals surface area contributed by atoms with Crippen LogP contribution in [0.1, 0.15) is 37.2 Å². The van der Waals surface area contributed by atoms with Crippen LogP contribution >= 0.6 is 0 Å². The lowest BCUT2D eigenvalue weighted by Crippen LogP contribution is -2.13. The van der Waals surface area contributed by atoms with Crippen LogP contribution in [0.3, 0.4) is 0 Å². The third kappa shape index (κ3) is 1.98. The fraction of sp³-hybridized carbons (Fsp3) is 0.538. The van der Waals surface area contributed by atoms with E-state index in [0.29, 0.717) is 18.4 Å². The molecule has 2 rings (SSSR count). The van der Waals surface area contributed by atoms with Crippen LogP contribution in [0.2, 0.25) is 0 Å². The molecule has 1 saturated carbocycles. The van der Waals surface area contributed by atoms with Gasteiger partial charge in [0, 0.05) is 5.92 Å². The van der Waals surface area contributed by atoms with Gasteiger partial charge in [-0.2, -0.15) is 0 Å². The summed E-state index contributed by atoms with van der Waals surface area (Å²) < 4.78 is 0. The molecule has 1 nitrogen and oxygen atoms in total. The molecule has 0 heterocycles. The zero-order chi connectivity index (χ0) is 9.80. The molecule has 1 unspecified atom stereocenters. The van der Waals surface area contributed by atoms with Crippen molar-refractivity contribution >= 4 is 0 Å². The minimum Gasteiger partial charge on any atom is -0.396 e. The van der Waals surface area contributed by atoms with E-state index in [1.165, 1.54) is 31.2 Å². The molecule has 76 valence electrons. The molecule has 14 heavy (non-hydrogen) atoms. The van der Waals surface area contributed by atoms with Crippen LogP contribution in [-0.4, -0.2) is 11.7 Å². The lowest BCUT2D eigenvalue weighted by Gasteiger charge is -2.21. The summed E-state index contributed by atoms with van der Waals surface area (Å²) in [6.07, 6.45) is 5.27. The average Bonchev–Trinajstić information content (AvgIpc) is 2.74. The van der Waals surface area contributed by atoms with Crippen LogP contribution in [0, 0.1) is 5.92 Å². The SMILES string of the molecule is OCC(c1ccccc1)C1CCCC1. The van der Waals surface area contributed by atoms with E-state index in [0.717, 1.165) is 0 Å². The van der Waals surface area contributed by atoms with Crippen molar-refractivity contribution < 1.29 is 5.11 Å². The highest BCUT2D eigenvalue weighted by Gasteiger charge is 2.25. The van der Waals surface area contributed by atoms with Crippen molar-refractivity contribution in [2.24, 2.45) is 5.92 Å². The molecular weight excluding hydrogens is 172 g/mol. The molecule has 0 amide bonds. The van der Waals surface area contributed by atoms with E-state index >= 15 is 0 Å². The van der Waals surface area contributed by atoms with E-state index in [1.807, 2.05) is 6.07 Å². The minimum atomic E-state index is 0.300. The minimum absolute atomic E-state index is 0.300. The first-order valence-electron chi connectivity index (χ1n) is 5.57. The molecule has 0 aromatic heterocycles. The first-order valence-corrected chi connectivity index (χ1v) is 5.57. The van der Waals surface area contributed by atoms with E-state index in [1.54, 1.807) is 0 Å². The van der Waals surface area contributed by atoms with Gasteiger partial charge in [0.2, 0.25) is 0 Å². The molecule has 1 aromatic rings. The molecule has 0 spiro atoms. The zero-order valence-electron chi connectivity index (χ0n) is 8.52. The van der Waals surface area contributed by atoms with Crippen LogP contribution in [0.15, 0.2) is 30.3 Å². The Labute approximate surface area is 85.8 Å². The van der Waals surface area contributed by atoms with Gasteiger partial charge in [-0.25, -0.2) is 0 Å². The third-order valence-corrected chi connectivity index (χ3v) is 3.39. The second-order valence-electron chi connectivity index (χ2n) is 4.24. The maximum Gasteiger partial charge on any atom is 0.0502 e. The van der Waals surface area contributed by atoms with Crippen molar-refractivity contribution in [1.82, 2.24) is 0 Å².